The molecule has 3 N–H and O–H groups in total. The van der Waals surface area contributed by atoms with E-state index in [0.717, 1.165) is 5.56 Å². The molecule has 5 nitrogen and oxygen atoms in total. The number of nitrogens with two attached hydrogens (primary N) is 1. The molecule has 1 aromatic carbocycles. The van der Waals surface area contributed by atoms with Gasteiger partial charge in [-0.2, -0.15) is 0 Å². The highest BCUT2D eigenvalue weighted by atomic mass is 35.5. The monoisotopic (exact) mass is 319 g/mol. The van der Waals surface area contributed by atoms with E-state index < -0.39 is 0 Å². The molecule has 0 fully saturated rings. The summed E-state index contributed by atoms with van der Waals surface area (Å²) in [7, 11) is 0. The summed E-state index contributed by atoms with van der Waals surface area (Å²) in [4.78, 5) is 15.8. The molecule has 1 atom stereocenters. The summed E-state index contributed by atoms with van der Waals surface area (Å²) in [5.74, 6) is 0.165. The van der Waals surface area contributed by atoms with E-state index in [1.807, 2.05) is 12.1 Å². The molecule has 0 aliphatic heterocycles. The van der Waals surface area contributed by atoms with E-state index in [1.165, 1.54) is 0 Å². The topological polar surface area (TPSA) is 77.2 Å². The Kier molecular flexibility index (Phi) is 5.75. The number of anilines is 1. The number of pyridine rings is 1. The van der Waals surface area contributed by atoms with Gasteiger partial charge in [0.1, 0.15) is 12.4 Å². The van der Waals surface area contributed by atoms with Gasteiger partial charge in [0.2, 0.25) is 5.91 Å². The van der Waals surface area contributed by atoms with Crippen molar-refractivity contribution in [3.05, 3.63) is 53.3 Å². The SMILES string of the molecule is CC(CN)C(=O)Nc1ccc(OCc2cccnc2)c(Cl)c1. The van der Waals surface area contributed by atoms with Crippen molar-refractivity contribution in [3.63, 3.8) is 0 Å². The van der Waals surface area contributed by atoms with Crippen LogP contribution in [0.25, 0.3) is 0 Å². The number of benzene rings is 1. The van der Waals surface area contributed by atoms with Crippen LogP contribution < -0.4 is 15.8 Å². The molecule has 116 valence electrons. The molecule has 1 aromatic heterocycles. The van der Waals surface area contributed by atoms with Gasteiger partial charge in [0.25, 0.3) is 0 Å². The number of nitrogens with zero attached hydrogens (tertiary/aromatic N) is 1. The highest BCUT2D eigenvalue weighted by molar-refractivity contribution is 6.32. The summed E-state index contributed by atoms with van der Waals surface area (Å²) in [5.41, 5.74) is 7.03. The minimum atomic E-state index is -0.250. The van der Waals surface area contributed by atoms with Crippen molar-refractivity contribution in [2.24, 2.45) is 11.7 Å². The molecule has 0 spiro atoms. The van der Waals surface area contributed by atoms with E-state index in [2.05, 4.69) is 10.3 Å². The summed E-state index contributed by atoms with van der Waals surface area (Å²) in [6, 6.07) is 8.88. The molecule has 0 aliphatic rings. The van der Waals surface area contributed by atoms with E-state index in [4.69, 9.17) is 22.1 Å². The van der Waals surface area contributed by atoms with Gasteiger partial charge in [-0.05, 0) is 24.3 Å². The van der Waals surface area contributed by atoms with Gasteiger partial charge in [-0.3, -0.25) is 9.78 Å². The lowest BCUT2D eigenvalue weighted by Crippen LogP contribution is -2.26. The van der Waals surface area contributed by atoms with Crippen molar-refractivity contribution < 1.29 is 9.53 Å². The van der Waals surface area contributed by atoms with Gasteiger partial charge in [0.15, 0.2) is 0 Å². The number of halogens is 1. The fourth-order valence-corrected chi connectivity index (χ4v) is 1.95. The standard InChI is InChI=1S/C16H18ClN3O2/c1-11(8-18)16(21)20-13-4-5-15(14(17)7-13)22-10-12-3-2-6-19-9-12/h2-7,9,11H,8,10,18H2,1H3,(H,20,21). The van der Waals surface area contributed by atoms with Crippen LogP contribution in [0.1, 0.15) is 12.5 Å². The number of hydrogen-bond donors (Lipinski definition) is 2. The van der Waals surface area contributed by atoms with E-state index in [0.29, 0.717) is 29.6 Å². The Labute approximate surface area is 134 Å². The Hall–Kier alpha value is -2.11. The lowest BCUT2D eigenvalue weighted by atomic mass is 10.1. The number of rotatable bonds is 6. The minimum Gasteiger partial charge on any atom is -0.487 e. The van der Waals surface area contributed by atoms with Crippen molar-refractivity contribution >= 4 is 23.2 Å². The average molecular weight is 320 g/mol. The van der Waals surface area contributed by atoms with Gasteiger partial charge in [-0.25, -0.2) is 0 Å². The summed E-state index contributed by atoms with van der Waals surface area (Å²) in [6.07, 6.45) is 3.44. The van der Waals surface area contributed by atoms with Crippen molar-refractivity contribution in [3.8, 4) is 5.75 Å². The van der Waals surface area contributed by atoms with Gasteiger partial charge in [-0.1, -0.05) is 24.6 Å². The van der Waals surface area contributed by atoms with Crippen LogP contribution in [0, 0.1) is 5.92 Å². The summed E-state index contributed by atoms with van der Waals surface area (Å²) in [5, 5.41) is 3.20. The zero-order chi connectivity index (χ0) is 15.9. The van der Waals surface area contributed by atoms with Gasteiger partial charge < -0.3 is 15.8 Å². The van der Waals surface area contributed by atoms with E-state index >= 15 is 0 Å². The molecule has 2 rings (SSSR count). The molecule has 1 unspecified atom stereocenters. The van der Waals surface area contributed by atoms with Crippen LogP contribution in [0.2, 0.25) is 5.02 Å². The fraction of sp³-hybridized carbons (Fsp3) is 0.250. The molecule has 2 aromatic rings. The first-order valence-corrected chi connectivity index (χ1v) is 7.30. The lowest BCUT2D eigenvalue weighted by Gasteiger charge is -2.12. The Balaban J connectivity index is 1.99. The molecule has 0 saturated heterocycles. The van der Waals surface area contributed by atoms with Crippen LogP contribution in [-0.2, 0) is 11.4 Å². The van der Waals surface area contributed by atoms with Gasteiger partial charge in [0.05, 0.1) is 5.02 Å². The molecule has 1 amide bonds. The zero-order valence-electron chi connectivity index (χ0n) is 12.3. The number of carbonyl (C=O) groups excluding carboxylic acids is 1. The van der Waals surface area contributed by atoms with Crippen molar-refractivity contribution in [1.82, 2.24) is 4.98 Å². The maximum absolute atomic E-state index is 11.8. The number of nitrogens with one attached hydrogen (secondary N) is 1. The summed E-state index contributed by atoms with van der Waals surface area (Å²) >= 11 is 6.18. The van der Waals surface area contributed by atoms with E-state index in [9.17, 15) is 4.79 Å². The molecular formula is C16H18ClN3O2. The van der Waals surface area contributed by atoms with Crippen LogP contribution in [0.4, 0.5) is 5.69 Å². The Morgan fingerprint density at radius 2 is 2.27 bits per heavy atom. The number of ether oxygens (including phenoxy) is 1. The summed E-state index contributed by atoms with van der Waals surface area (Å²) < 4.78 is 5.65. The van der Waals surface area contributed by atoms with Crippen LogP contribution in [0.3, 0.4) is 0 Å². The molecule has 1 heterocycles. The first-order valence-electron chi connectivity index (χ1n) is 6.92. The first-order chi connectivity index (χ1) is 10.6. The van der Waals surface area contributed by atoms with E-state index in [1.54, 1.807) is 37.5 Å². The normalized spacial score (nSPS) is 11.8. The molecule has 22 heavy (non-hydrogen) atoms. The zero-order valence-corrected chi connectivity index (χ0v) is 13.0. The quantitative estimate of drug-likeness (QED) is 0.858. The minimum absolute atomic E-state index is 0.136. The molecule has 0 bridgehead atoms. The van der Waals surface area contributed by atoms with Crippen LogP contribution in [0.5, 0.6) is 5.75 Å². The predicted octanol–water partition coefficient (Wildman–Crippen LogP) is 2.85. The largest absolute Gasteiger partial charge is 0.487 e. The van der Waals surface area contributed by atoms with Crippen molar-refractivity contribution in [2.45, 2.75) is 13.5 Å². The first kappa shape index (κ1) is 16.3. The second kappa shape index (κ2) is 7.77. The van der Waals surface area contributed by atoms with Crippen molar-refractivity contribution in [1.29, 1.82) is 0 Å². The third kappa shape index (κ3) is 4.44. The predicted molar refractivity (Wildman–Crippen MR) is 86.9 cm³/mol. The molecule has 0 aliphatic carbocycles. The van der Waals surface area contributed by atoms with E-state index in [-0.39, 0.29) is 11.8 Å². The molecule has 0 radical (unpaired) electrons. The fourth-order valence-electron chi connectivity index (χ4n) is 1.71. The van der Waals surface area contributed by atoms with Crippen molar-refractivity contribution in [2.75, 3.05) is 11.9 Å². The third-order valence-corrected chi connectivity index (χ3v) is 3.41. The average Bonchev–Trinajstić information content (AvgIpc) is 2.54. The number of hydrogen-bond acceptors (Lipinski definition) is 4. The third-order valence-electron chi connectivity index (χ3n) is 3.12. The van der Waals surface area contributed by atoms with Crippen LogP contribution in [0.15, 0.2) is 42.7 Å². The number of amides is 1. The maximum atomic E-state index is 11.8. The Bertz CT molecular complexity index is 635. The number of carbonyl (C=O) groups is 1. The Morgan fingerprint density at radius 3 is 2.91 bits per heavy atom. The smallest absolute Gasteiger partial charge is 0.228 e. The highest BCUT2D eigenvalue weighted by Gasteiger charge is 2.12. The van der Waals surface area contributed by atoms with Gasteiger partial charge >= 0.3 is 0 Å². The lowest BCUT2D eigenvalue weighted by molar-refractivity contribution is -0.119. The highest BCUT2D eigenvalue weighted by Crippen LogP contribution is 2.28. The van der Waals surface area contributed by atoms with Crippen LogP contribution in [-0.4, -0.2) is 17.4 Å². The second-order valence-electron chi connectivity index (χ2n) is 4.92. The Morgan fingerprint density at radius 1 is 1.45 bits per heavy atom. The molecular weight excluding hydrogens is 302 g/mol. The summed E-state index contributed by atoms with van der Waals surface area (Å²) in [6.45, 7) is 2.44. The molecule has 0 saturated carbocycles. The van der Waals surface area contributed by atoms with Crippen LogP contribution >= 0.6 is 11.6 Å². The van der Waals surface area contributed by atoms with Gasteiger partial charge in [0, 0.05) is 36.1 Å². The number of aromatic nitrogens is 1. The van der Waals surface area contributed by atoms with Gasteiger partial charge in [-0.15, -0.1) is 0 Å². The second-order valence-corrected chi connectivity index (χ2v) is 5.33. The molecule has 6 heteroatoms. The maximum Gasteiger partial charge on any atom is 0.228 e.